The minimum Gasteiger partial charge on any atom is -0.394 e. The molecule has 1 saturated carbocycles. The fourth-order valence-electron chi connectivity index (χ4n) is 4.23. The van der Waals surface area contributed by atoms with Crippen LogP contribution in [0.4, 0.5) is 0 Å². The molecule has 5 nitrogen and oxygen atoms in total. The van der Waals surface area contributed by atoms with E-state index >= 15 is 0 Å². The SMILES string of the molecule is CCCCCCCCCC/C=C/CC(=O)CC12C[C@@H]1C(O)[C@H](O)C(CO)O2. The summed E-state index contributed by atoms with van der Waals surface area (Å²) in [5.41, 5.74) is -0.672. The zero-order valence-electron chi connectivity index (χ0n) is 16.8. The van der Waals surface area contributed by atoms with E-state index in [1.807, 2.05) is 6.08 Å². The van der Waals surface area contributed by atoms with Gasteiger partial charge in [-0.25, -0.2) is 0 Å². The van der Waals surface area contributed by atoms with Gasteiger partial charge in [-0.1, -0.05) is 64.0 Å². The highest BCUT2D eigenvalue weighted by molar-refractivity contribution is 5.81. The minimum absolute atomic E-state index is 0.0879. The van der Waals surface area contributed by atoms with E-state index < -0.39 is 23.9 Å². The molecule has 0 aromatic carbocycles. The predicted molar refractivity (Wildman–Crippen MR) is 105 cm³/mol. The number of Topliss-reactive ketones (excluding diaryl/α,β-unsaturated/α-hetero) is 1. The molecule has 0 radical (unpaired) electrons. The number of hydrogen-bond acceptors (Lipinski definition) is 5. The highest BCUT2D eigenvalue weighted by atomic mass is 16.5. The van der Waals surface area contributed by atoms with Gasteiger partial charge in [0.15, 0.2) is 0 Å². The smallest absolute Gasteiger partial charge is 0.139 e. The van der Waals surface area contributed by atoms with Crippen LogP contribution in [0.2, 0.25) is 0 Å². The Morgan fingerprint density at radius 3 is 2.37 bits per heavy atom. The zero-order chi connectivity index (χ0) is 19.7. The number of allylic oxidation sites excluding steroid dienone is 2. The topological polar surface area (TPSA) is 87.0 Å². The van der Waals surface area contributed by atoms with Crippen molar-refractivity contribution >= 4 is 5.78 Å². The van der Waals surface area contributed by atoms with Crippen LogP contribution in [0, 0.1) is 5.92 Å². The summed E-state index contributed by atoms with van der Waals surface area (Å²) >= 11 is 0. The van der Waals surface area contributed by atoms with Crippen molar-refractivity contribution in [1.82, 2.24) is 0 Å². The maximum absolute atomic E-state index is 12.2. The molecule has 1 heterocycles. The van der Waals surface area contributed by atoms with Crippen LogP contribution in [0.15, 0.2) is 12.2 Å². The summed E-state index contributed by atoms with van der Waals surface area (Å²) in [5, 5.41) is 29.2. The fraction of sp³-hybridized carbons (Fsp3) is 0.864. The van der Waals surface area contributed by atoms with E-state index in [2.05, 4.69) is 13.0 Å². The first-order chi connectivity index (χ1) is 13.0. The van der Waals surface area contributed by atoms with Crippen molar-refractivity contribution in [2.75, 3.05) is 6.61 Å². The van der Waals surface area contributed by atoms with E-state index in [9.17, 15) is 20.1 Å². The molecule has 1 saturated heterocycles. The number of carbonyl (C=O) groups excluding carboxylic acids is 1. The second kappa shape index (κ2) is 11.3. The maximum atomic E-state index is 12.2. The lowest BCUT2D eigenvalue weighted by Gasteiger charge is -2.35. The van der Waals surface area contributed by atoms with Crippen molar-refractivity contribution in [1.29, 1.82) is 0 Å². The van der Waals surface area contributed by atoms with Gasteiger partial charge in [0.25, 0.3) is 0 Å². The van der Waals surface area contributed by atoms with Gasteiger partial charge in [-0.2, -0.15) is 0 Å². The predicted octanol–water partition coefficient (Wildman–Crippen LogP) is 3.29. The van der Waals surface area contributed by atoms with Crippen molar-refractivity contribution in [3.63, 3.8) is 0 Å². The third-order valence-electron chi connectivity index (χ3n) is 6.02. The van der Waals surface area contributed by atoms with Crippen molar-refractivity contribution in [2.45, 2.75) is 108 Å². The molecule has 2 fully saturated rings. The van der Waals surface area contributed by atoms with Crippen molar-refractivity contribution < 1.29 is 24.9 Å². The van der Waals surface area contributed by atoms with E-state index in [4.69, 9.17) is 4.74 Å². The quantitative estimate of drug-likeness (QED) is 0.317. The molecule has 0 spiro atoms. The molecule has 0 aromatic heterocycles. The normalized spacial score (nSPS) is 32.6. The summed E-state index contributed by atoms with van der Waals surface area (Å²) in [6.45, 7) is 1.89. The molecular formula is C22H38O5. The Kier molecular flexibility index (Phi) is 9.43. The van der Waals surface area contributed by atoms with Crippen LogP contribution in [-0.4, -0.2) is 51.6 Å². The third kappa shape index (κ3) is 6.67. The highest BCUT2D eigenvalue weighted by Crippen LogP contribution is 2.56. The molecular weight excluding hydrogens is 344 g/mol. The standard InChI is InChI=1S/C22H38O5/c1-2-3-4-5-6-7-8-9-10-11-12-13-17(24)14-22-15-18(22)20(25)21(26)19(16-23)27-22/h11-12,18-21,23,25-26H,2-10,13-16H2,1H3/b12-11+/t18-,19?,20?,21-,22?/m1/s1. The van der Waals surface area contributed by atoms with Crippen LogP contribution in [0.1, 0.15) is 84.0 Å². The van der Waals surface area contributed by atoms with Crippen LogP contribution < -0.4 is 0 Å². The van der Waals surface area contributed by atoms with Crippen LogP contribution in [0.3, 0.4) is 0 Å². The van der Waals surface area contributed by atoms with Gasteiger partial charge in [0.05, 0.1) is 18.3 Å². The van der Waals surface area contributed by atoms with Crippen molar-refractivity contribution in [3.05, 3.63) is 12.2 Å². The second-order valence-corrected chi connectivity index (χ2v) is 8.35. The van der Waals surface area contributed by atoms with Gasteiger partial charge in [0.1, 0.15) is 18.0 Å². The largest absolute Gasteiger partial charge is 0.394 e. The van der Waals surface area contributed by atoms with E-state index in [0.717, 1.165) is 6.42 Å². The molecule has 27 heavy (non-hydrogen) atoms. The Morgan fingerprint density at radius 2 is 1.70 bits per heavy atom. The number of carbonyl (C=O) groups is 1. The van der Waals surface area contributed by atoms with E-state index in [-0.39, 0.29) is 24.7 Å². The molecule has 3 unspecified atom stereocenters. The summed E-state index contributed by atoms with van der Waals surface area (Å²) in [7, 11) is 0. The summed E-state index contributed by atoms with van der Waals surface area (Å²) in [5.74, 6) is -0.106. The maximum Gasteiger partial charge on any atom is 0.139 e. The number of rotatable bonds is 14. The zero-order valence-corrected chi connectivity index (χ0v) is 16.8. The number of ketones is 1. The lowest BCUT2D eigenvalue weighted by Crippen LogP contribution is -2.51. The van der Waals surface area contributed by atoms with E-state index in [1.165, 1.54) is 51.4 Å². The molecule has 2 aliphatic rings. The molecule has 2 rings (SSSR count). The molecule has 5 heteroatoms. The average Bonchev–Trinajstić information content (AvgIpc) is 3.37. The Morgan fingerprint density at radius 1 is 1.04 bits per heavy atom. The molecule has 0 amide bonds. The summed E-state index contributed by atoms with van der Waals surface area (Å²) in [4.78, 5) is 12.2. The molecule has 5 atom stereocenters. The van der Waals surface area contributed by atoms with Gasteiger partial charge in [0.2, 0.25) is 0 Å². The molecule has 1 aliphatic carbocycles. The van der Waals surface area contributed by atoms with E-state index in [1.54, 1.807) is 0 Å². The number of aliphatic hydroxyl groups excluding tert-OH is 3. The number of unbranched alkanes of at least 4 members (excludes halogenated alkanes) is 8. The first-order valence-electron chi connectivity index (χ1n) is 10.9. The molecule has 1 aliphatic heterocycles. The third-order valence-corrected chi connectivity index (χ3v) is 6.02. The summed E-state index contributed by atoms with van der Waals surface area (Å²) in [6.07, 6.45) is 13.9. The van der Waals surface area contributed by atoms with Crippen LogP contribution in [0.25, 0.3) is 0 Å². The Balaban J connectivity index is 1.56. The number of hydrogen-bond donors (Lipinski definition) is 3. The molecule has 0 bridgehead atoms. The first-order valence-corrected chi connectivity index (χ1v) is 10.9. The minimum atomic E-state index is -1.07. The fourth-order valence-corrected chi connectivity index (χ4v) is 4.23. The van der Waals surface area contributed by atoms with Crippen LogP contribution in [0.5, 0.6) is 0 Å². The van der Waals surface area contributed by atoms with Gasteiger partial charge >= 0.3 is 0 Å². The second-order valence-electron chi connectivity index (χ2n) is 8.35. The van der Waals surface area contributed by atoms with Gasteiger partial charge in [-0.05, 0) is 19.3 Å². The number of fused-ring (bicyclic) bond motifs is 1. The lowest BCUT2D eigenvalue weighted by molar-refractivity contribution is -0.187. The van der Waals surface area contributed by atoms with E-state index in [0.29, 0.717) is 12.8 Å². The Labute approximate surface area is 163 Å². The van der Waals surface area contributed by atoms with Crippen LogP contribution in [-0.2, 0) is 9.53 Å². The first kappa shape index (κ1) is 22.5. The highest BCUT2D eigenvalue weighted by Gasteiger charge is 2.65. The summed E-state index contributed by atoms with van der Waals surface area (Å²) < 4.78 is 5.75. The number of ether oxygens (including phenoxy) is 1. The Bertz CT molecular complexity index is 477. The van der Waals surface area contributed by atoms with Gasteiger partial charge in [0, 0.05) is 18.8 Å². The Hall–Kier alpha value is -0.750. The van der Waals surface area contributed by atoms with Gasteiger partial charge in [-0.15, -0.1) is 0 Å². The lowest BCUT2D eigenvalue weighted by atomic mass is 9.95. The summed E-state index contributed by atoms with van der Waals surface area (Å²) in [6, 6.07) is 0. The molecule has 0 aromatic rings. The van der Waals surface area contributed by atoms with Gasteiger partial charge < -0.3 is 20.1 Å². The average molecular weight is 383 g/mol. The van der Waals surface area contributed by atoms with Crippen molar-refractivity contribution in [2.24, 2.45) is 5.92 Å². The monoisotopic (exact) mass is 382 g/mol. The number of aliphatic hydroxyl groups is 3. The van der Waals surface area contributed by atoms with Gasteiger partial charge in [-0.3, -0.25) is 4.79 Å². The van der Waals surface area contributed by atoms with Crippen molar-refractivity contribution in [3.8, 4) is 0 Å². The molecule has 156 valence electrons. The molecule has 3 N–H and O–H groups in total. The van der Waals surface area contributed by atoms with Crippen LogP contribution >= 0.6 is 0 Å².